The first-order chi connectivity index (χ1) is 13.5. The van der Waals surface area contributed by atoms with Crippen LogP contribution in [0.4, 0.5) is 0 Å². The highest BCUT2D eigenvalue weighted by molar-refractivity contribution is 5.72. The fourth-order valence-electron chi connectivity index (χ4n) is 6.47. The van der Waals surface area contributed by atoms with E-state index in [-0.39, 0.29) is 17.5 Å². The number of aryl methyl sites for hydroxylation is 1. The number of hydrogen-bond donors (Lipinski definition) is 1. The van der Waals surface area contributed by atoms with Crippen LogP contribution in [0.2, 0.25) is 0 Å². The minimum absolute atomic E-state index is 0.0990. The van der Waals surface area contributed by atoms with Gasteiger partial charge in [0.05, 0.1) is 6.10 Å². The maximum Gasteiger partial charge on any atom is 0.311 e. The van der Waals surface area contributed by atoms with Gasteiger partial charge in [0.2, 0.25) is 0 Å². The van der Waals surface area contributed by atoms with Gasteiger partial charge in [-0.05, 0) is 91.4 Å². The van der Waals surface area contributed by atoms with Crippen LogP contribution in [0.25, 0.3) is 0 Å². The highest BCUT2D eigenvalue weighted by Crippen LogP contribution is 2.60. The number of aliphatic hydroxyl groups is 1. The predicted molar refractivity (Wildman–Crippen MR) is 111 cm³/mol. The summed E-state index contributed by atoms with van der Waals surface area (Å²) in [6, 6.07) is 6.34. The van der Waals surface area contributed by atoms with E-state index in [1.807, 2.05) is 6.07 Å². The number of hydrogen-bond acceptors (Lipinski definition) is 3. The number of aliphatic hydroxyl groups excluding tert-OH is 1. The van der Waals surface area contributed by atoms with Gasteiger partial charge in [0.1, 0.15) is 5.75 Å². The van der Waals surface area contributed by atoms with Crippen molar-refractivity contribution in [3.8, 4) is 5.75 Å². The Morgan fingerprint density at radius 3 is 2.86 bits per heavy atom. The summed E-state index contributed by atoms with van der Waals surface area (Å²) in [5.41, 5.74) is 2.98. The third kappa shape index (κ3) is 3.63. The molecule has 3 aliphatic carbocycles. The van der Waals surface area contributed by atoms with Crippen molar-refractivity contribution in [2.75, 3.05) is 0 Å². The highest BCUT2D eigenvalue weighted by atomic mass is 16.5. The third-order valence-electron chi connectivity index (χ3n) is 8.11. The number of ether oxygens (including phenoxy) is 1. The van der Waals surface area contributed by atoms with Crippen LogP contribution >= 0.6 is 0 Å². The average Bonchev–Trinajstić information content (AvgIpc) is 3.00. The average molecular weight is 385 g/mol. The molecule has 2 saturated carbocycles. The molecule has 0 saturated heterocycles. The number of unbranched alkanes of at least 4 members (excludes halogenated alkanes) is 3. The van der Waals surface area contributed by atoms with Crippen molar-refractivity contribution in [1.82, 2.24) is 0 Å². The topological polar surface area (TPSA) is 46.5 Å². The lowest BCUT2D eigenvalue weighted by Gasteiger charge is -2.50. The zero-order chi connectivity index (χ0) is 19.7. The normalized spacial score (nSPS) is 33.7. The van der Waals surface area contributed by atoms with Crippen molar-refractivity contribution >= 4 is 5.97 Å². The summed E-state index contributed by atoms with van der Waals surface area (Å²) in [6.45, 7) is 4.50. The van der Waals surface area contributed by atoms with Crippen molar-refractivity contribution in [3.63, 3.8) is 0 Å². The van der Waals surface area contributed by atoms with Crippen LogP contribution in [-0.4, -0.2) is 17.2 Å². The number of carbonyl (C=O) groups excluding carboxylic acids is 1. The molecule has 0 amide bonds. The molecule has 1 aromatic carbocycles. The molecular formula is C25H36O3. The summed E-state index contributed by atoms with van der Waals surface area (Å²) in [5, 5.41) is 10.5. The van der Waals surface area contributed by atoms with Gasteiger partial charge in [-0.1, -0.05) is 39.2 Å². The molecular weight excluding hydrogens is 348 g/mol. The summed E-state index contributed by atoms with van der Waals surface area (Å²) in [5.74, 6) is 2.60. The van der Waals surface area contributed by atoms with E-state index in [0.717, 1.165) is 37.9 Å². The van der Waals surface area contributed by atoms with Crippen LogP contribution in [0.3, 0.4) is 0 Å². The number of benzene rings is 1. The largest absolute Gasteiger partial charge is 0.427 e. The molecule has 1 N–H and O–H groups in total. The van der Waals surface area contributed by atoms with Gasteiger partial charge in [0.25, 0.3) is 0 Å². The molecule has 28 heavy (non-hydrogen) atoms. The van der Waals surface area contributed by atoms with Crippen molar-refractivity contribution in [1.29, 1.82) is 0 Å². The van der Waals surface area contributed by atoms with Gasteiger partial charge in [-0.3, -0.25) is 4.79 Å². The Kier molecular flexibility index (Phi) is 5.83. The van der Waals surface area contributed by atoms with Gasteiger partial charge in [-0.25, -0.2) is 0 Å². The zero-order valence-electron chi connectivity index (χ0n) is 17.6. The van der Waals surface area contributed by atoms with E-state index in [1.54, 1.807) is 0 Å². The van der Waals surface area contributed by atoms with Gasteiger partial charge in [-0.15, -0.1) is 0 Å². The van der Waals surface area contributed by atoms with E-state index in [2.05, 4.69) is 26.0 Å². The van der Waals surface area contributed by atoms with Crippen LogP contribution in [0, 0.1) is 17.3 Å². The standard InChI is InChI=1S/C25H36O3/c1-3-4-5-6-7-24(27)28-18-9-11-19-17(16-18)8-10-21-20(19)14-15-25(2)22(21)12-13-23(25)26/h9,11,16,20-23,26H,3-8,10,12-15H2,1-2H3/t20-,21-,22+,23+,25+/m1/s1. The number of fused-ring (bicyclic) bond motifs is 5. The number of carbonyl (C=O) groups is 1. The van der Waals surface area contributed by atoms with Crippen molar-refractivity contribution in [2.24, 2.45) is 17.3 Å². The summed E-state index contributed by atoms with van der Waals surface area (Å²) in [7, 11) is 0. The van der Waals surface area contributed by atoms with Crippen molar-refractivity contribution < 1.29 is 14.6 Å². The molecule has 3 heteroatoms. The molecule has 1 aromatic rings. The Bertz CT molecular complexity index is 712. The first-order valence-electron chi connectivity index (χ1n) is 11.5. The van der Waals surface area contributed by atoms with Gasteiger partial charge < -0.3 is 9.84 Å². The van der Waals surface area contributed by atoms with Crippen LogP contribution in [0.15, 0.2) is 18.2 Å². The molecule has 3 aliphatic rings. The molecule has 5 atom stereocenters. The van der Waals surface area contributed by atoms with Crippen molar-refractivity contribution in [2.45, 2.75) is 96.5 Å². The summed E-state index contributed by atoms with van der Waals surface area (Å²) in [6.07, 6.45) is 11.6. The Morgan fingerprint density at radius 1 is 1.18 bits per heavy atom. The maximum absolute atomic E-state index is 12.1. The fourth-order valence-corrected chi connectivity index (χ4v) is 6.47. The van der Waals surface area contributed by atoms with Crippen LogP contribution in [0.5, 0.6) is 5.75 Å². The minimum Gasteiger partial charge on any atom is -0.427 e. The molecule has 3 nitrogen and oxygen atoms in total. The Labute approximate surface area is 169 Å². The smallest absolute Gasteiger partial charge is 0.311 e. The lowest BCUT2D eigenvalue weighted by atomic mass is 9.55. The first kappa shape index (κ1) is 19.9. The molecule has 0 aliphatic heterocycles. The monoisotopic (exact) mass is 384 g/mol. The van der Waals surface area contributed by atoms with Crippen LogP contribution in [-0.2, 0) is 11.2 Å². The fraction of sp³-hybridized carbons (Fsp3) is 0.720. The Hall–Kier alpha value is -1.35. The van der Waals surface area contributed by atoms with Gasteiger partial charge in [0, 0.05) is 6.42 Å². The molecule has 4 rings (SSSR count). The lowest BCUT2D eigenvalue weighted by Crippen LogP contribution is -2.43. The molecule has 154 valence electrons. The predicted octanol–water partition coefficient (Wildman–Crippen LogP) is 5.78. The van der Waals surface area contributed by atoms with Gasteiger partial charge >= 0.3 is 5.97 Å². The molecule has 0 unspecified atom stereocenters. The number of rotatable bonds is 6. The van der Waals surface area contributed by atoms with Gasteiger partial charge in [-0.2, -0.15) is 0 Å². The third-order valence-corrected chi connectivity index (χ3v) is 8.11. The second-order valence-electron chi connectivity index (χ2n) is 9.70. The zero-order valence-corrected chi connectivity index (χ0v) is 17.6. The maximum atomic E-state index is 12.1. The molecule has 0 heterocycles. The van der Waals surface area contributed by atoms with E-state index in [4.69, 9.17) is 4.74 Å². The van der Waals surface area contributed by atoms with Crippen molar-refractivity contribution in [3.05, 3.63) is 29.3 Å². The van der Waals surface area contributed by atoms with E-state index in [0.29, 0.717) is 24.2 Å². The van der Waals surface area contributed by atoms with E-state index in [1.165, 1.54) is 43.2 Å². The quantitative estimate of drug-likeness (QED) is 0.384. The second-order valence-corrected chi connectivity index (χ2v) is 9.70. The molecule has 0 bridgehead atoms. The second kappa shape index (κ2) is 8.18. The van der Waals surface area contributed by atoms with Crippen LogP contribution < -0.4 is 4.74 Å². The Morgan fingerprint density at radius 2 is 2.04 bits per heavy atom. The lowest BCUT2D eigenvalue weighted by molar-refractivity contribution is -0.134. The summed E-state index contributed by atoms with van der Waals surface area (Å²) >= 11 is 0. The summed E-state index contributed by atoms with van der Waals surface area (Å²) in [4.78, 5) is 12.1. The molecule has 0 aromatic heterocycles. The molecule has 0 spiro atoms. The highest BCUT2D eigenvalue weighted by Gasteiger charge is 2.54. The molecule has 0 radical (unpaired) electrons. The first-order valence-corrected chi connectivity index (χ1v) is 11.5. The van der Waals surface area contributed by atoms with Crippen LogP contribution in [0.1, 0.15) is 95.1 Å². The summed E-state index contributed by atoms with van der Waals surface area (Å²) < 4.78 is 5.62. The van der Waals surface area contributed by atoms with Gasteiger partial charge in [0.15, 0.2) is 0 Å². The van der Waals surface area contributed by atoms with E-state index < -0.39 is 0 Å². The Balaban J connectivity index is 1.42. The molecule has 2 fully saturated rings. The SMILES string of the molecule is CCCCCCC(=O)Oc1ccc2c(c1)CC[C@@H]1[C@@H]2CC[C@]2(C)[C@@H](O)CC[C@@H]12. The van der Waals surface area contributed by atoms with E-state index >= 15 is 0 Å². The number of esters is 1. The minimum atomic E-state index is -0.112. The van der Waals surface area contributed by atoms with E-state index in [9.17, 15) is 9.90 Å².